The number of pyridine rings is 1. The van der Waals surface area contributed by atoms with Gasteiger partial charge in [-0.25, -0.2) is 9.50 Å². The smallest absolute Gasteiger partial charge is 0.247 e. The highest BCUT2D eigenvalue weighted by Crippen LogP contribution is 2.27. The van der Waals surface area contributed by atoms with Gasteiger partial charge in [-0.2, -0.15) is 5.10 Å². The van der Waals surface area contributed by atoms with E-state index in [1.54, 1.807) is 16.8 Å². The molecule has 0 atom stereocenters. The van der Waals surface area contributed by atoms with Crippen LogP contribution in [0.25, 0.3) is 28.2 Å². The van der Waals surface area contributed by atoms with E-state index in [4.69, 9.17) is 0 Å². The van der Waals surface area contributed by atoms with Gasteiger partial charge >= 0.3 is 0 Å². The first-order valence-electron chi connectivity index (χ1n) is 9.69. The monoisotopic (exact) mass is 401 g/mol. The lowest BCUT2D eigenvalue weighted by atomic mass is 9.95. The summed E-state index contributed by atoms with van der Waals surface area (Å²) in [5.41, 5.74) is 5.02. The van der Waals surface area contributed by atoms with E-state index in [2.05, 4.69) is 20.4 Å². The molecule has 7 nitrogen and oxygen atoms in total. The first-order valence-corrected chi connectivity index (χ1v) is 9.69. The van der Waals surface area contributed by atoms with Crippen LogP contribution in [0, 0.1) is 12.3 Å². The molecule has 0 aliphatic carbocycles. The number of imidazole rings is 1. The largest absolute Gasteiger partial charge is 0.328 e. The summed E-state index contributed by atoms with van der Waals surface area (Å²) in [5, 5.41) is 7.62. The molecule has 0 aliphatic rings. The Morgan fingerprint density at radius 2 is 1.80 bits per heavy atom. The van der Waals surface area contributed by atoms with E-state index in [-0.39, 0.29) is 11.5 Å². The molecule has 0 spiro atoms. The van der Waals surface area contributed by atoms with Crippen LogP contribution >= 0.6 is 0 Å². The number of rotatable bonds is 3. The van der Waals surface area contributed by atoms with Crippen molar-refractivity contribution in [1.82, 2.24) is 19.6 Å². The van der Waals surface area contributed by atoms with Crippen LogP contribution in [0.15, 0.2) is 59.7 Å². The van der Waals surface area contributed by atoms with E-state index in [1.807, 2.05) is 64.2 Å². The first kappa shape index (κ1) is 19.6. The molecule has 4 rings (SSSR count). The third-order valence-corrected chi connectivity index (χ3v) is 4.86. The predicted molar refractivity (Wildman–Crippen MR) is 117 cm³/mol. The van der Waals surface area contributed by atoms with Gasteiger partial charge in [0.15, 0.2) is 5.65 Å². The SMILES string of the molecule is Cc1ccc(-c2cn3nc(-c4ccc(=O)[nH]c4)ccc3n2)cc1NC(=O)C(C)(C)C. The van der Waals surface area contributed by atoms with Crippen molar-refractivity contribution in [3.05, 3.63) is 70.8 Å². The lowest BCUT2D eigenvalue weighted by Crippen LogP contribution is -2.27. The van der Waals surface area contributed by atoms with Crippen LogP contribution in [0.4, 0.5) is 5.69 Å². The highest BCUT2D eigenvalue weighted by Gasteiger charge is 2.22. The number of hydrogen-bond acceptors (Lipinski definition) is 4. The lowest BCUT2D eigenvalue weighted by molar-refractivity contribution is -0.123. The van der Waals surface area contributed by atoms with Crippen LogP contribution < -0.4 is 10.9 Å². The minimum Gasteiger partial charge on any atom is -0.328 e. The van der Waals surface area contributed by atoms with Gasteiger partial charge in [0.05, 0.1) is 17.6 Å². The van der Waals surface area contributed by atoms with Crippen LogP contribution in [0.2, 0.25) is 0 Å². The Morgan fingerprint density at radius 3 is 2.50 bits per heavy atom. The molecule has 0 fully saturated rings. The van der Waals surface area contributed by atoms with Gasteiger partial charge in [-0.05, 0) is 36.8 Å². The van der Waals surface area contributed by atoms with Gasteiger partial charge in [-0.3, -0.25) is 9.59 Å². The molecule has 0 saturated carbocycles. The number of nitrogens with one attached hydrogen (secondary N) is 2. The summed E-state index contributed by atoms with van der Waals surface area (Å²) in [5.74, 6) is -0.0371. The number of aryl methyl sites for hydroxylation is 1. The number of fused-ring (bicyclic) bond motifs is 1. The van der Waals surface area contributed by atoms with Gasteiger partial charge in [0.1, 0.15) is 0 Å². The summed E-state index contributed by atoms with van der Waals surface area (Å²) in [4.78, 5) is 31.0. The Balaban J connectivity index is 1.69. The van der Waals surface area contributed by atoms with Crippen molar-refractivity contribution >= 4 is 17.2 Å². The van der Waals surface area contributed by atoms with Crippen LogP contribution in [0.5, 0.6) is 0 Å². The van der Waals surface area contributed by atoms with E-state index in [0.29, 0.717) is 5.65 Å². The Hall–Kier alpha value is -3.74. The number of hydrogen-bond donors (Lipinski definition) is 2. The Kier molecular flexibility index (Phi) is 4.73. The number of carbonyl (C=O) groups excluding carboxylic acids is 1. The molecule has 1 amide bonds. The van der Waals surface area contributed by atoms with Gasteiger partial charge in [-0.15, -0.1) is 0 Å². The number of amides is 1. The van der Waals surface area contributed by atoms with Crippen LogP contribution in [-0.4, -0.2) is 25.5 Å². The number of aromatic nitrogens is 4. The summed E-state index contributed by atoms with van der Waals surface area (Å²) in [6, 6.07) is 12.8. The lowest BCUT2D eigenvalue weighted by Gasteiger charge is -2.19. The summed E-state index contributed by atoms with van der Waals surface area (Å²) in [6.07, 6.45) is 3.49. The molecule has 30 heavy (non-hydrogen) atoms. The van der Waals surface area contributed by atoms with Crippen molar-refractivity contribution < 1.29 is 4.79 Å². The molecule has 4 aromatic rings. The van der Waals surface area contributed by atoms with Crippen molar-refractivity contribution in [2.24, 2.45) is 5.41 Å². The van der Waals surface area contributed by atoms with Gasteiger partial charge < -0.3 is 10.3 Å². The molecule has 152 valence electrons. The van der Waals surface area contributed by atoms with Gasteiger partial charge in [-0.1, -0.05) is 32.9 Å². The van der Waals surface area contributed by atoms with Crippen LogP contribution in [0.1, 0.15) is 26.3 Å². The van der Waals surface area contributed by atoms with E-state index >= 15 is 0 Å². The average Bonchev–Trinajstić information content (AvgIpc) is 3.12. The number of anilines is 1. The quantitative estimate of drug-likeness (QED) is 0.542. The topological polar surface area (TPSA) is 92.2 Å². The minimum absolute atomic E-state index is 0.0371. The van der Waals surface area contributed by atoms with Crippen molar-refractivity contribution in [2.45, 2.75) is 27.7 Å². The predicted octanol–water partition coefficient (Wildman–Crippen LogP) is 4.04. The fourth-order valence-corrected chi connectivity index (χ4v) is 2.97. The summed E-state index contributed by atoms with van der Waals surface area (Å²) >= 11 is 0. The van der Waals surface area contributed by atoms with E-state index in [9.17, 15) is 9.59 Å². The molecule has 0 unspecified atom stereocenters. The zero-order valence-corrected chi connectivity index (χ0v) is 17.4. The standard InChI is InChI=1S/C23H23N5O2/c1-14-5-6-15(11-18(14)26-22(30)23(2,3)4)19-13-28-20(25-19)9-8-17(27-28)16-7-10-21(29)24-12-16/h5-13H,1-4H3,(H,24,29)(H,26,30). The second-order valence-electron chi connectivity index (χ2n) is 8.32. The second-order valence-corrected chi connectivity index (χ2v) is 8.32. The molecular weight excluding hydrogens is 378 g/mol. The van der Waals surface area contributed by atoms with Crippen molar-refractivity contribution in [3.63, 3.8) is 0 Å². The molecule has 7 heteroatoms. The Morgan fingerprint density at radius 1 is 1.03 bits per heavy atom. The number of nitrogens with zero attached hydrogens (tertiary/aromatic N) is 3. The third-order valence-electron chi connectivity index (χ3n) is 4.86. The molecule has 0 bridgehead atoms. The number of benzene rings is 1. The Labute approximate surface area is 173 Å². The molecule has 0 saturated heterocycles. The highest BCUT2D eigenvalue weighted by molar-refractivity contribution is 5.95. The molecule has 2 N–H and O–H groups in total. The molecule has 0 radical (unpaired) electrons. The van der Waals surface area contributed by atoms with E-state index < -0.39 is 5.41 Å². The van der Waals surface area contributed by atoms with Crippen molar-refractivity contribution in [3.8, 4) is 22.5 Å². The molecule has 3 aromatic heterocycles. The zero-order chi connectivity index (χ0) is 21.5. The fraction of sp³-hybridized carbons (Fsp3) is 0.217. The molecule has 3 heterocycles. The number of aromatic amines is 1. The van der Waals surface area contributed by atoms with E-state index in [1.165, 1.54) is 6.07 Å². The first-order chi connectivity index (χ1) is 14.2. The van der Waals surface area contributed by atoms with Gasteiger partial charge in [0.25, 0.3) is 0 Å². The maximum absolute atomic E-state index is 12.4. The molecule has 0 aliphatic heterocycles. The molecule has 1 aromatic carbocycles. The maximum atomic E-state index is 12.4. The maximum Gasteiger partial charge on any atom is 0.247 e. The number of H-pyrrole nitrogens is 1. The summed E-state index contributed by atoms with van der Waals surface area (Å²) in [6.45, 7) is 7.61. The second kappa shape index (κ2) is 7.26. The van der Waals surface area contributed by atoms with Crippen molar-refractivity contribution in [1.29, 1.82) is 0 Å². The van der Waals surface area contributed by atoms with Gasteiger partial charge in [0, 0.05) is 34.5 Å². The van der Waals surface area contributed by atoms with E-state index in [0.717, 1.165) is 33.8 Å². The summed E-state index contributed by atoms with van der Waals surface area (Å²) in [7, 11) is 0. The highest BCUT2D eigenvalue weighted by atomic mass is 16.2. The number of carbonyl (C=O) groups is 1. The zero-order valence-electron chi connectivity index (χ0n) is 17.4. The van der Waals surface area contributed by atoms with Crippen molar-refractivity contribution in [2.75, 3.05) is 5.32 Å². The molecular formula is C23H23N5O2. The fourth-order valence-electron chi connectivity index (χ4n) is 2.97. The Bertz CT molecular complexity index is 1290. The normalized spacial score (nSPS) is 11.6. The van der Waals surface area contributed by atoms with Gasteiger partial charge in [0.2, 0.25) is 11.5 Å². The van der Waals surface area contributed by atoms with Crippen LogP contribution in [-0.2, 0) is 4.79 Å². The average molecular weight is 401 g/mol. The minimum atomic E-state index is -0.479. The van der Waals surface area contributed by atoms with Crippen LogP contribution in [0.3, 0.4) is 0 Å². The third kappa shape index (κ3) is 3.87. The summed E-state index contributed by atoms with van der Waals surface area (Å²) < 4.78 is 1.71.